The van der Waals surface area contributed by atoms with Crippen molar-refractivity contribution in [3.05, 3.63) is 120 Å². The largest absolute Gasteiger partial charge is 0.496 e. The molecule has 0 saturated heterocycles. The van der Waals surface area contributed by atoms with Gasteiger partial charge in [0.15, 0.2) is 0 Å². The number of hydrogen-bond donors (Lipinski definition) is 6. The van der Waals surface area contributed by atoms with Gasteiger partial charge in [0.05, 0.1) is 30.6 Å². The number of anilines is 3. The molecule has 0 aliphatic heterocycles. The molecule has 0 bridgehead atoms. The van der Waals surface area contributed by atoms with Crippen LogP contribution in [0.4, 0.5) is 17.5 Å². The van der Waals surface area contributed by atoms with Crippen molar-refractivity contribution >= 4 is 29.1 Å². The SMILES string of the molecule is C=C/C=C\C.COc1ccccc1C(=O)NCc1ccc(C(=N)c2c(N)ncnc2NC2CCCC2)cc1CO.Nc1ccncn1. The lowest BCUT2D eigenvalue weighted by atomic mass is 9.97. The van der Waals surface area contributed by atoms with Crippen LogP contribution in [-0.2, 0) is 13.2 Å². The smallest absolute Gasteiger partial charge is 0.255 e. The molecule has 1 saturated carbocycles. The Morgan fingerprint density at radius 1 is 1.09 bits per heavy atom. The second-order valence-electron chi connectivity index (χ2n) is 10.4. The Morgan fingerprint density at radius 3 is 2.45 bits per heavy atom. The van der Waals surface area contributed by atoms with Gasteiger partial charge >= 0.3 is 0 Å². The number of aromatic nitrogens is 4. The van der Waals surface area contributed by atoms with E-state index in [1.54, 1.807) is 60.8 Å². The number of nitrogens with zero attached hydrogens (tertiary/aromatic N) is 4. The Bertz CT molecular complexity index is 1640. The van der Waals surface area contributed by atoms with Gasteiger partial charge in [-0.3, -0.25) is 10.2 Å². The van der Waals surface area contributed by atoms with Crippen molar-refractivity contribution in [2.24, 2.45) is 0 Å². The Kier molecular flexibility index (Phi) is 14.5. The zero-order valence-corrected chi connectivity index (χ0v) is 26.8. The Hall–Kier alpha value is -5.62. The van der Waals surface area contributed by atoms with E-state index in [1.807, 2.05) is 19.1 Å². The van der Waals surface area contributed by atoms with E-state index < -0.39 is 0 Å². The minimum atomic E-state index is -0.278. The highest BCUT2D eigenvalue weighted by molar-refractivity contribution is 6.16. The standard InChI is InChI=1S/C26H30N6O3.C5H8.C4H5N3/c1-35-21-9-5-4-8-20(21)26(34)29-13-17-11-10-16(12-18(17)14-33)23(27)22-24(28)30-15-31-25(22)32-19-6-2-3-7-19;1-3-5-4-2;5-4-1-2-6-3-7-4/h4-5,8-12,15,19,27,33H,2-3,6-7,13-14H2,1H3,(H,29,34)(H3,28,30,31,32);3-5H,1H2,2H3;1-3H,(H2,5,6,7)/b;5-4-;. The molecule has 12 heteroatoms. The van der Waals surface area contributed by atoms with Gasteiger partial charge in [-0.2, -0.15) is 0 Å². The molecule has 8 N–H and O–H groups in total. The molecule has 2 aromatic heterocycles. The van der Waals surface area contributed by atoms with E-state index in [-0.39, 0.29) is 30.6 Å². The summed E-state index contributed by atoms with van der Waals surface area (Å²) in [5, 5.41) is 25.1. The summed E-state index contributed by atoms with van der Waals surface area (Å²) >= 11 is 0. The van der Waals surface area contributed by atoms with Crippen molar-refractivity contribution in [1.29, 1.82) is 5.41 Å². The van der Waals surface area contributed by atoms with Crippen LogP contribution < -0.4 is 26.8 Å². The number of nitrogens with one attached hydrogen (secondary N) is 3. The van der Waals surface area contributed by atoms with E-state index in [0.717, 1.165) is 18.4 Å². The molecule has 0 radical (unpaired) electrons. The molecule has 0 spiro atoms. The van der Waals surface area contributed by atoms with Crippen molar-refractivity contribution < 1.29 is 14.6 Å². The first-order valence-corrected chi connectivity index (χ1v) is 15.2. The normalized spacial score (nSPS) is 12.2. The molecule has 2 heterocycles. The van der Waals surface area contributed by atoms with Crippen LogP contribution in [0.25, 0.3) is 0 Å². The third kappa shape index (κ3) is 10.8. The number of ether oxygens (including phenoxy) is 1. The number of nitrogens with two attached hydrogens (primary N) is 2. The second kappa shape index (κ2) is 19.0. The molecular weight excluding hydrogens is 594 g/mol. The fraction of sp³-hybridized carbons (Fsp3) is 0.257. The number of para-hydroxylation sites is 1. The number of benzene rings is 2. The Labute approximate surface area is 275 Å². The van der Waals surface area contributed by atoms with Gasteiger partial charge in [0.25, 0.3) is 5.91 Å². The lowest BCUT2D eigenvalue weighted by Crippen LogP contribution is -2.24. The van der Waals surface area contributed by atoms with Crippen LogP contribution >= 0.6 is 0 Å². The van der Waals surface area contributed by atoms with Crippen LogP contribution in [-0.4, -0.2) is 49.8 Å². The molecule has 12 nitrogen and oxygen atoms in total. The number of methoxy groups -OCH3 is 1. The molecule has 0 unspecified atom stereocenters. The fourth-order valence-electron chi connectivity index (χ4n) is 4.80. The van der Waals surface area contributed by atoms with Gasteiger partial charge in [-0.15, -0.1) is 0 Å². The molecule has 246 valence electrons. The third-order valence-electron chi connectivity index (χ3n) is 7.21. The van der Waals surface area contributed by atoms with Gasteiger partial charge in [-0.25, -0.2) is 19.9 Å². The highest BCUT2D eigenvalue weighted by atomic mass is 16.5. The third-order valence-corrected chi connectivity index (χ3v) is 7.21. The molecule has 47 heavy (non-hydrogen) atoms. The molecule has 0 atom stereocenters. The first-order chi connectivity index (χ1) is 22.8. The number of carbonyl (C=O) groups is 1. The van der Waals surface area contributed by atoms with E-state index in [9.17, 15) is 9.90 Å². The van der Waals surface area contributed by atoms with Gasteiger partial charge in [0, 0.05) is 24.3 Å². The summed E-state index contributed by atoms with van der Waals surface area (Å²) in [6.07, 6.45) is 14.4. The molecule has 1 aliphatic rings. The van der Waals surface area contributed by atoms with Gasteiger partial charge in [-0.05, 0) is 55.2 Å². The first kappa shape index (κ1) is 35.9. The highest BCUT2D eigenvalue weighted by Gasteiger charge is 2.22. The van der Waals surface area contributed by atoms with Gasteiger partial charge in [0.2, 0.25) is 0 Å². The molecule has 1 fully saturated rings. The summed E-state index contributed by atoms with van der Waals surface area (Å²) in [7, 11) is 1.52. The molecule has 2 aromatic carbocycles. The van der Waals surface area contributed by atoms with Crippen molar-refractivity contribution in [2.45, 2.75) is 51.8 Å². The van der Waals surface area contributed by atoms with Crippen LogP contribution in [0.15, 0.2) is 92.2 Å². The number of allylic oxidation sites excluding steroid dienone is 3. The number of carbonyl (C=O) groups excluding carboxylic acids is 1. The van der Waals surface area contributed by atoms with Crippen LogP contribution in [0.5, 0.6) is 5.75 Å². The second-order valence-corrected chi connectivity index (χ2v) is 10.4. The average molecular weight is 638 g/mol. The highest BCUT2D eigenvalue weighted by Crippen LogP contribution is 2.27. The van der Waals surface area contributed by atoms with E-state index in [0.29, 0.717) is 45.7 Å². The number of aliphatic hydroxyl groups is 1. The maximum Gasteiger partial charge on any atom is 0.255 e. The Balaban J connectivity index is 0.000000421. The van der Waals surface area contributed by atoms with Gasteiger partial charge in [0.1, 0.15) is 35.9 Å². The monoisotopic (exact) mass is 637 g/mol. The van der Waals surface area contributed by atoms with Gasteiger partial charge in [-0.1, -0.05) is 61.9 Å². The Morgan fingerprint density at radius 2 is 1.85 bits per heavy atom. The van der Waals surface area contributed by atoms with Crippen molar-refractivity contribution in [3.63, 3.8) is 0 Å². The predicted molar refractivity (Wildman–Crippen MR) is 186 cm³/mol. The minimum absolute atomic E-state index is 0.169. The molecule has 1 amide bonds. The number of aliphatic hydroxyl groups excluding tert-OH is 1. The van der Waals surface area contributed by atoms with Crippen LogP contribution in [0.3, 0.4) is 0 Å². The summed E-state index contributed by atoms with van der Waals surface area (Å²) in [6, 6.07) is 14.2. The number of amides is 1. The molecule has 1 aliphatic carbocycles. The summed E-state index contributed by atoms with van der Waals surface area (Å²) in [4.78, 5) is 28.4. The zero-order valence-electron chi connectivity index (χ0n) is 26.8. The van der Waals surface area contributed by atoms with Crippen LogP contribution in [0, 0.1) is 5.41 Å². The molecule has 4 aromatic rings. The minimum Gasteiger partial charge on any atom is -0.496 e. The lowest BCUT2D eigenvalue weighted by molar-refractivity contribution is 0.0947. The topological polar surface area (TPSA) is 198 Å². The summed E-state index contributed by atoms with van der Waals surface area (Å²) in [5.74, 6) is 1.49. The maximum atomic E-state index is 12.7. The average Bonchev–Trinajstić information content (AvgIpc) is 3.61. The molecule has 5 rings (SSSR count). The summed E-state index contributed by atoms with van der Waals surface area (Å²) < 4.78 is 5.26. The van der Waals surface area contributed by atoms with E-state index >= 15 is 0 Å². The summed E-state index contributed by atoms with van der Waals surface area (Å²) in [5.41, 5.74) is 14.3. The van der Waals surface area contributed by atoms with Crippen molar-refractivity contribution in [2.75, 3.05) is 23.9 Å². The fourth-order valence-corrected chi connectivity index (χ4v) is 4.80. The van der Waals surface area contributed by atoms with Crippen molar-refractivity contribution in [1.82, 2.24) is 25.3 Å². The van der Waals surface area contributed by atoms with E-state index in [2.05, 4.69) is 37.1 Å². The zero-order chi connectivity index (χ0) is 34.0. The van der Waals surface area contributed by atoms with Crippen LogP contribution in [0.2, 0.25) is 0 Å². The van der Waals surface area contributed by atoms with Crippen LogP contribution in [0.1, 0.15) is 65.2 Å². The quantitative estimate of drug-likeness (QED) is 0.101. The number of nitrogen functional groups attached to an aromatic ring is 2. The van der Waals surface area contributed by atoms with Gasteiger partial charge < -0.3 is 31.9 Å². The van der Waals surface area contributed by atoms with Crippen molar-refractivity contribution in [3.8, 4) is 5.75 Å². The maximum absolute atomic E-state index is 12.7. The number of rotatable bonds is 10. The molecular formula is C35H43N9O3. The first-order valence-electron chi connectivity index (χ1n) is 15.2. The number of hydrogen-bond acceptors (Lipinski definition) is 11. The van der Waals surface area contributed by atoms with E-state index in [1.165, 1.54) is 32.6 Å². The summed E-state index contributed by atoms with van der Waals surface area (Å²) in [6.45, 7) is 5.40. The predicted octanol–water partition coefficient (Wildman–Crippen LogP) is 5.07. The van der Waals surface area contributed by atoms with E-state index in [4.69, 9.17) is 21.6 Å². The lowest BCUT2D eigenvalue weighted by Gasteiger charge is -2.18.